The molecule has 1 aliphatic rings. The molecule has 31 heavy (non-hydrogen) atoms. The maximum absolute atomic E-state index is 13.4. The Morgan fingerprint density at radius 2 is 1.71 bits per heavy atom. The summed E-state index contributed by atoms with van der Waals surface area (Å²) in [4.78, 5) is 28.2. The standard InChI is InChI=1S/C26H29N3O2/c1-3-28-18-21(22-9-5-6-10-24(22)28)17-23(26(31)29-15-7-4-8-16-29)27-25(30)20-13-11-19(2)12-14-20/h5-6,9-14,17-18H,3-4,7-8,15-16H2,1-2H3,(H,27,30). The number of aromatic nitrogens is 1. The molecule has 0 aliphatic carbocycles. The molecule has 4 rings (SSSR count). The van der Waals surface area contributed by atoms with E-state index in [0.29, 0.717) is 11.3 Å². The number of nitrogens with zero attached hydrogens (tertiary/aromatic N) is 2. The lowest BCUT2D eigenvalue weighted by Gasteiger charge is -2.27. The summed E-state index contributed by atoms with van der Waals surface area (Å²) in [5.41, 5.74) is 4.00. The minimum absolute atomic E-state index is 0.117. The van der Waals surface area contributed by atoms with E-state index in [4.69, 9.17) is 0 Å². The Hall–Kier alpha value is -3.34. The maximum atomic E-state index is 13.4. The lowest BCUT2D eigenvalue weighted by molar-refractivity contribution is -0.128. The topological polar surface area (TPSA) is 54.3 Å². The van der Waals surface area contributed by atoms with Gasteiger partial charge in [-0.15, -0.1) is 0 Å². The number of carbonyl (C=O) groups is 2. The second kappa shape index (κ2) is 9.21. The molecule has 0 unspecified atom stereocenters. The van der Waals surface area contributed by atoms with Crippen LogP contribution in [0.5, 0.6) is 0 Å². The zero-order valence-corrected chi connectivity index (χ0v) is 18.2. The highest BCUT2D eigenvalue weighted by Gasteiger charge is 2.23. The van der Waals surface area contributed by atoms with Gasteiger partial charge in [-0.25, -0.2) is 0 Å². The Morgan fingerprint density at radius 1 is 1.00 bits per heavy atom. The van der Waals surface area contributed by atoms with Gasteiger partial charge < -0.3 is 14.8 Å². The number of aryl methyl sites for hydroxylation is 2. The number of para-hydroxylation sites is 1. The lowest BCUT2D eigenvalue weighted by Crippen LogP contribution is -2.41. The van der Waals surface area contributed by atoms with Gasteiger partial charge in [0.1, 0.15) is 5.70 Å². The van der Waals surface area contributed by atoms with E-state index < -0.39 is 0 Å². The van der Waals surface area contributed by atoms with Crippen LogP contribution in [-0.4, -0.2) is 34.4 Å². The summed E-state index contributed by atoms with van der Waals surface area (Å²) < 4.78 is 2.16. The largest absolute Gasteiger partial charge is 0.347 e. The molecule has 5 heteroatoms. The fourth-order valence-electron chi connectivity index (χ4n) is 4.13. The molecule has 2 aromatic carbocycles. The van der Waals surface area contributed by atoms with E-state index in [1.807, 2.05) is 48.4 Å². The third-order valence-corrected chi connectivity index (χ3v) is 5.90. The molecule has 1 N–H and O–H groups in total. The first-order valence-electron chi connectivity index (χ1n) is 11.0. The van der Waals surface area contributed by atoms with Gasteiger partial charge in [-0.05, 0) is 57.4 Å². The second-order valence-corrected chi connectivity index (χ2v) is 8.12. The highest BCUT2D eigenvalue weighted by molar-refractivity contribution is 6.06. The van der Waals surface area contributed by atoms with Gasteiger partial charge in [-0.2, -0.15) is 0 Å². The number of hydrogen-bond donors (Lipinski definition) is 1. The van der Waals surface area contributed by atoms with Crippen LogP contribution in [0.1, 0.15) is 47.7 Å². The molecule has 1 aliphatic heterocycles. The predicted octanol–water partition coefficient (Wildman–Crippen LogP) is 4.75. The Labute approximate surface area is 183 Å². The summed E-state index contributed by atoms with van der Waals surface area (Å²) >= 11 is 0. The van der Waals surface area contributed by atoms with Crippen molar-refractivity contribution in [3.05, 3.63) is 77.1 Å². The van der Waals surface area contributed by atoms with Gasteiger partial charge in [0, 0.05) is 47.9 Å². The molecule has 5 nitrogen and oxygen atoms in total. The van der Waals surface area contributed by atoms with Crippen molar-refractivity contribution in [1.82, 2.24) is 14.8 Å². The summed E-state index contributed by atoms with van der Waals surface area (Å²) in [5.74, 6) is -0.385. The van der Waals surface area contributed by atoms with E-state index >= 15 is 0 Å². The molecular weight excluding hydrogens is 386 g/mol. The van der Waals surface area contributed by atoms with Gasteiger partial charge in [0.25, 0.3) is 11.8 Å². The van der Waals surface area contributed by atoms with E-state index in [1.54, 1.807) is 12.1 Å². The third kappa shape index (κ3) is 4.55. The van der Waals surface area contributed by atoms with Crippen LogP contribution in [0, 0.1) is 6.92 Å². The molecule has 1 saturated heterocycles. The van der Waals surface area contributed by atoms with Crippen LogP contribution in [0.15, 0.2) is 60.4 Å². The lowest BCUT2D eigenvalue weighted by atomic mass is 10.1. The van der Waals surface area contributed by atoms with Gasteiger partial charge in [0.2, 0.25) is 0 Å². The molecular formula is C26H29N3O2. The smallest absolute Gasteiger partial charge is 0.270 e. The van der Waals surface area contributed by atoms with Crippen LogP contribution >= 0.6 is 0 Å². The average Bonchev–Trinajstić information content (AvgIpc) is 3.17. The minimum atomic E-state index is -0.268. The van der Waals surface area contributed by atoms with Gasteiger partial charge in [-0.3, -0.25) is 9.59 Å². The first-order valence-corrected chi connectivity index (χ1v) is 11.0. The number of benzene rings is 2. The molecule has 1 fully saturated rings. The van der Waals surface area contributed by atoms with Gasteiger partial charge >= 0.3 is 0 Å². The summed E-state index contributed by atoms with van der Waals surface area (Å²) in [7, 11) is 0. The molecule has 0 atom stereocenters. The van der Waals surface area contributed by atoms with Crippen molar-refractivity contribution in [2.75, 3.05) is 13.1 Å². The van der Waals surface area contributed by atoms with Crippen LogP contribution in [0.2, 0.25) is 0 Å². The van der Waals surface area contributed by atoms with Crippen molar-refractivity contribution in [3.8, 4) is 0 Å². The van der Waals surface area contributed by atoms with Crippen LogP contribution in [-0.2, 0) is 11.3 Å². The van der Waals surface area contributed by atoms with Crippen molar-refractivity contribution in [3.63, 3.8) is 0 Å². The summed E-state index contributed by atoms with van der Waals surface area (Å²) in [5, 5.41) is 3.98. The SMILES string of the molecule is CCn1cc(C=C(NC(=O)c2ccc(C)cc2)C(=O)N2CCCCC2)c2ccccc21. The number of likely N-dealkylation sites (tertiary alicyclic amines) is 1. The van der Waals surface area contributed by atoms with Crippen molar-refractivity contribution in [2.45, 2.75) is 39.7 Å². The molecule has 1 aromatic heterocycles. The predicted molar refractivity (Wildman–Crippen MR) is 125 cm³/mol. The Bertz CT molecular complexity index is 1120. The first kappa shape index (κ1) is 20.9. The zero-order chi connectivity index (χ0) is 21.8. The van der Waals surface area contributed by atoms with Crippen LogP contribution in [0.3, 0.4) is 0 Å². The Balaban J connectivity index is 1.72. The number of amides is 2. The fourth-order valence-corrected chi connectivity index (χ4v) is 4.13. The van der Waals surface area contributed by atoms with E-state index in [0.717, 1.165) is 60.9 Å². The van der Waals surface area contributed by atoms with E-state index in [1.165, 1.54) is 0 Å². The van der Waals surface area contributed by atoms with Crippen molar-refractivity contribution < 1.29 is 9.59 Å². The van der Waals surface area contributed by atoms with Crippen molar-refractivity contribution in [2.24, 2.45) is 0 Å². The average molecular weight is 416 g/mol. The number of rotatable bonds is 5. The minimum Gasteiger partial charge on any atom is -0.347 e. The van der Waals surface area contributed by atoms with E-state index in [-0.39, 0.29) is 11.8 Å². The first-order chi connectivity index (χ1) is 15.1. The van der Waals surface area contributed by atoms with Gasteiger partial charge in [0.15, 0.2) is 0 Å². The van der Waals surface area contributed by atoms with Crippen molar-refractivity contribution in [1.29, 1.82) is 0 Å². The molecule has 160 valence electrons. The zero-order valence-electron chi connectivity index (χ0n) is 18.2. The molecule has 2 amide bonds. The molecule has 0 bridgehead atoms. The molecule has 3 aromatic rings. The number of nitrogens with one attached hydrogen (secondary N) is 1. The van der Waals surface area contributed by atoms with Crippen LogP contribution < -0.4 is 5.32 Å². The number of piperidine rings is 1. The highest BCUT2D eigenvalue weighted by atomic mass is 16.2. The summed E-state index contributed by atoms with van der Waals surface area (Å²) in [6.07, 6.45) is 7.02. The second-order valence-electron chi connectivity index (χ2n) is 8.12. The summed E-state index contributed by atoms with van der Waals surface area (Å²) in [6, 6.07) is 15.5. The highest BCUT2D eigenvalue weighted by Crippen LogP contribution is 2.24. The molecule has 2 heterocycles. The Kier molecular flexibility index (Phi) is 6.21. The van der Waals surface area contributed by atoms with E-state index in [9.17, 15) is 9.59 Å². The number of carbonyl (C=O) groups excluding carboxylic acids is 2. The summed E-state index contributed by atoms with van der Waals surface area (Å²) in [6.45, 7) is 6.37. The third-order valence-electron chi connectivity index (χ3n) is 5.90. The van der Waals surface area contributed by atoms with Crippen molar-refractivity contribution >= 4 is 28.8 Å². The molecule has 0 spiro atoms. The van der Waals surface area contributed by atoms with Gasteiger partial charge in [-0.1, -0.05) is 35.9 Å². The number of fused-ring (bicyclic) bond motifs is 1. The maximum Gasteiger partial charge on any atom is 0.270 e. The number of hydrogen-bond acceptors (Lipinski definition) is 2. The monoisotopic (exact) mass is 415 g/mol. The Morgan fingerprint density at radius 3 is 2.42 bits per heavy atom. The van der Waals surface area contributed by atoms with E-state index in [2.05, 4.69) is 28.9 Å². The normalized spacial score (nSPS) is 14.6. The van der Waals surface area contributed by atoms with Crippen LogP contribution in [0.25, 0.3) is 17.0 Å². The molecule has 0 radical (unpaired) electrons. The van der Waals surface area contributed by atoms with Gasteiger partial charge in [0.05, 0.1) is 0 Å². The van der Waals surface area contributed by atoms with Crippen LogP contribution in [0.4, 0.5) is 0 Å². The fraction of sp³-hybridized carbons (Fsp3) is 0.308. The quantitative estimate of drug-likeness (QED) is 0.611. The molecule has 0 saturated carbocycles.